The Kier molecular flexibility index (Phi) is 7.16. The first-order chi connectivity index (χ1) is 23.1. The molecule has 0 aromatic heterocycles. The maximum absolute atomic E-state index is 2.46. The van der Waals surface area contributed by atoms with Crippen molar-refractivity contribution in [1.82, 2.24) is 0 Å². The molecule has 0 aliphatic carbocycles. The van der Waals surface area contributed by atoms with Crippen molar-refractivity contribution in [2.75, 3.05) is 0 Å². The van der Waals surface area contributed by atoms with Gasteiger partial charge in [0.1, 0.15) is 0 Å². The molecule has 8 aromatic rings. The summed E-state index contributed by atoms with van der Waals surface area (Å²) in [4.78, 5) is 0. The molecule has 0 aliphatic heterocycles. The number of hydrogen-bond donors (Lipinski definition) is 0. The molecule has 1 heteroatoms. The highest BCUT2D eigenvalue weighted by Gasteiger charge is 2.21. The highest BCUT2D eigenvalue weighted by molar-refractivity contribution is 6.88. The van der Waals surface area contributed by atoms with Crippen molar-refractivity contribution < 1.29 is 0 Å². The molecule has 0 nitrogen and oxygen atoms in total. The van der Waals surface area contributed by atoms with E-state index in [1.54, 1.807) is 0 Å². The van der Waals surface area contributed by atoms with Crippen molar-refractivity contribution in [3.63, 3.8) is 0 Å². The molecule has 0 unspecified atom stereocenters. The van der Waals surface area contributed by atoms with Gasteiger partial charge in [-0.3, -0.25) is 0 Å². The second-order valence-corrected chi connectivity index (χ2v) is 20.5. The molecular weight excluding hydrogens is 593 g/mol. The summed E-state index contributed by atoms with van der Waals surface area (Å²) in [5.41, 5.74) is 9.03. The second kappa shape index (κ2) is 11.3. The predicted octanol–water partition coefficient (Wildman–Crippen LogP) is 13.1. The highest BCUT2D eigenvalue weighted by Crippen LogP contribution is 2.45. The number of rotatable bonds is 4. The molecule has 0 radical (unpaired) electrons. The summed E-state index contributed by atoms with van der Waals surface area (Å²) in [6.45, 7) is 14.2. The van der Waals surface area contributed by atoms with E-state index in [4.69, 9.17) is 0 Å². The first-order valence-corrected chi connectivity index (χ1v) is 20.7. The third-order valence-corrected chi connectivity index (χ3v) is 12.2. The lowest BCUT2D eigenvalue weighted by Crippen LogP contribution is -2.37. The van der Waals surface area contributed by atoms with Crippen molar-refractivity contribution in [3.8, 4) is 33.4 Å². The van der Waals surface area contributed by atoms with Crippen LogP contribution in [-0.4, -0.2) is 8.07 Å². The number of hydrogen-bond acceptors (Lipinski definition) is 0. The van der Waals surface area contributed by atoms with E-state index in [2.05, 4.69) is 186 Å². The molecule has 8 aromatic carbocycles. The van der Waals surface area contributed by atoms with Crippen LogP contribution in [0.1, 0.15) is 26.3 Å². The number of benzene rings is 8. The lowest BCUT2D eigenvalue weighted by atomic mass is 9.81. The van der Waals surface area contributed by atoms with Gasteiger partial charge in [-0.15, -0.1) is 0 Å². The van der Waals surface area contributed by atoms with Gasteiger partial charge in [-0.05, 0) is 99.6 Å². The van der Waals surface area contributed by atoms with E-state index in [-0.39, 0.29) is 5.41 Å². The molecule has 0 spiro atoms. The summed E-state index contributed by atoms with van der Waals surface area (Å²) in [5, 5.41) is 11.9. The Hall–Kier alpha value is -4.98. The molecule has 0 aliphatic rings. The summed E-state index contributed by atoms with van der Waals surface area (Å²) in [6, 6.07) is 54.9. The zero-order chi connectivity index (χ0) is 33.2. The SMILES string of the molecule is CC(C)(C)c1ccc2c(-c3ccc4cc([Si](C)(C)C)ccc4c3)c3ccccc3c(-c3ccc(-c4cccc5ccccc45)cc3)c2c1. The Bertz CT molecular complexity index is 2500. The van der Waals surface area contributed by atoms with E-state index >= 15 is 0 Å². The summed E-state index contributed by atoms with van der Waals surface area (Å²) < 4.78 is 0. The smallest absolute Gasteiger partial charge is 0.0656 e. The van der Waals surface area contributed by atoms with Crippen LogP contribution in [-0.2, 0) is 5.41 Å². The fraction of sp³-hybridized carbons (Fsp3) is 0.149. The molecule has 0 N–H and O–H groups in total. The second-order valence-electron chi connectivity index (χ2n) is 15.4. The average Bonchev–Trinajstić information content (AvgIpc) is 3.09. The molecule has 0 fully saturated rings. The lowest BCUT2D eigenvalue weighted by molar-refractivity contribution is 0.591. The quantitative estimate of drug-likeness (QED) is 0.133. The van der Waals surface area contributed by atoms with Crippen molar-refractivity contribution in [1.29, 1.82) is 0 Å². The van der Waals surface area contributed by atoms with Crippen LogP contribution in [0.4, 0.5) is 0 Å². The predicted molar refractivity (Wildman–Crippen MR) is 214 cm³/mol. The van der Waals surface area contributed by atoms with Gasteiger partial charge in [-0.25, -0.2) is 0 Å². The molecule has 0 bridgehead atoms. The summed E-state index contributed by atoms with van der Waals surface area (Å²) >= 11 is 0. The average molecular weight is 635 g/mol. The van der Waals surface area contributed by atoms with Crippen LogP contribution in [0.5, 0.6) is 0 Å². The van der Waals surface area contributed by atoms with Crippen molar-refractivity contribution in [3.05, 3.63) is 151 Å². The molecule has 0 heterocycles. The van der Waals surface area contributed by atoms with E-state index < -0.39 is 8.07 Å². The van der Waals surface area contributed by atoms with Crippen molar-refractivity contribution in [2.24, 2.45) is 0 Å². The van der Waals surface area contributed by atoms with Crippen molar-refractivity contribution >= 4 is 56.4 Å². The van der Waals surface area contributed by atoms with Gasteiger partial charge >= 0.3 is 0 Å². The standard InChI is InChI=1S/C47H42Si/c1-47(2,3)37-25-27-43-44(30-37)45(33-20-18-32(19-21-33)40-17-11-13-31-12-7-8-14-39(31)40)41-15-9-10-16-42(41)46(43)36-23-22-35-29-38(48(4,5)6)26-24-34(35)28-36/h7-30H,1-6H3. The fourth-order valence-electron chi connectivity index (χ4n) is 7.43. The van der Waals surface area contributed by atoms with Gasteiger partial charge in [0, 0.05) is 0 Å². The molecule has 8 rings (SSSR count). The molecule has 48 heavy (non-hydrogen) atoms. The van der Waals surface area contributed by atoms with E-state index in [0.717, 1.165) is 0 Å². The summed E-state index contributed by atoms with van der Waals surface area (Å²) in [5.74, 6) is 0. The fourth-order valence-corrected chi connectivity index (χ4v) is 8.60. The number of fused-ring (bicyclic) bond motifs is 4. The minimum Gasteiger partial charge on any atom is -0.0656 e. The largest absolute Gasteiger partial charge is 0.0776 e. The molecule has 234 valence electrons. The van der Waals surface area contributed by atoms with Gasteiger partial charge < -0.3 is 0 Å². The van der Waals surface area contributed by atoms with Gasteiger partial charge in [-0.1, -0.05) is 179 Å². The summed E-state index contributed by atoms with van der Waals surface area (Å²) in [6.07, 6.45) is 0. The molecule has 0 atom stereocenters. The Balaban J connectivity index is 1.37. The Morgan fingerprint density at radius 1 is 0.396 bits per heavy atom. The normalized spacial score (nSPS) is 12.4. The Labute approximate surface area is 285 Å². The van der Waals surface area contributed by atoms with Crippen LogP contribution < -0.4 is 5.19 Å². The van der Waals surface area contributed by atoms with Gasteiger partial charge in [0.25, 0.3) is 0 Å². The van der Waals surface area contributed by atoms with E-state index in [9.17, 15) is 0 Å². The maximum atomic E-state index is 2.46. The van der Waals surface area contributed by atoms with E-state index in [0.29, 0.717) is 0 Å². The lowest BCUT2D eigenvalue weighted by Gasteiger charge is -2.23. The molecular formula is C47H42Si. The van der Waals surface area contributed by atoms with Crippen LogP contribution in [0.3, 0.4) is 0 Å². The topological polar surface area (TPSA) is 0 Å². The van der Waals surface area contributed by atoms with Crippen LogP contribution in [0.15, 0.2) is 146 Å². The highest BCUT2D eigenvalue weighted by atomic mass is 28.3. The zero-order valence-corrected chi connectivity index (χ0v) is 29.9. The van der Waals surface area contributed by atoms with Crippen LogP contribution in [0, 0.1) is 0 Å². The minimum absolute atomic E-state index is 0.0342. The monoisotopic (exact) mass is 634 g/mol. The summed E-state index contributed by atoms with van der Waals surface area (Å²) in [7, 11) is -1.40. The van der Waals surface area contributed by atoms with E-state index in [1.165, 1.54) is 87.2 Å². The van der Waals surface area contributed by atoms with Crippen LogP contribution in [0.25, 0.3) is 76.5 Å². The Morgan fingerprint density at radius 3 is 1.67 bits per heavy atom. The zero-order valence-electron chi connectivity index (χ0n) is 28.9. The minimum atomic E-state index is -1.40. The first-order valence-electron chi connectivity index (χ1n) is 17.2. The maximum Gasteiger partial charge on any atom is 0.0776 e. The van der Waals surface area contributed by atoms with Crippen LogP contribution in [0.2, 0.25) is 19.6 Å². The third kappa shape index (κ3) is 5.23. The molecule has 0 saturated heterocycles. The first kappa shape index (κ1) is 30.4. The van der Waals surface area contributed by atoms with Gasteiger partial charge in [0.2, 0.25) is 0 Å². The van der Waals surface area contributed by atoms with Gasteiger partial charge in [-0.2, -0.15) is 0 Å². The van der Waals surface area contributed by atoms with Crippen LogP contribution >= 0.6 is 0 Å². The Morgan fingerprint density at radius 2 is 0.958 bits per heavy atom. The van der Waals surface area contributed by atoms with E-state index in [1.807, 2.05) is 0 Å². The molecule has 0 amide bonds. The third-order valence-electron chi connectivity index (χ3n) is 10.2. The van der Waals surface area contributed by atoms with Crippen molar-refractivity contribution in [2.45, 2.75) is 45.8 Å². The van der Waals surface area contributed by atoms with Gasteiger partial charge in [0.15, 0.2) is 0 Å². The van der Waals surface area contributed by atoms with Gasteiger partial charge in [0.05, 0.1) is 8.07 Å². The molecule has 0 saturated carbocycles.